The number of hydrogen-bond donors (Lipinski definition) is 1. The Morgan fingerprint density at radius 3 is 2.08 bits per heavy atom. The van der Waals surface area contributed by atoms with Crippen LogP contribution >= 0.6 is 0 Å². The topological polar surface area (TPSA) is 97.7 Å². The lowest BCUT2D eigenvalue weighted by molar-refractivity contribution is 0.00228. The Bertz CT molecular complexity index is 1340. The molecule has 3 aromatic rings. The molecule has 0 spiro atoms. The summed E-state index contributed by atoms with van der Waals surface area (Å²) in [7, 11) is -1.64. The highest BCUT2D eigenvalue weighted by atomic mass is 32.2. The van der Waals surface area contributed by atoms with E-state index in [1.807, 2.05) is 73.7 Å². The fourth-order valence-corrected chi connectivity index (χ4v) is 5.59. The summed E-state index contributed by atoms with van der Waals surface area (Å²) in [6.45, 7) is 6.03. The predicted octanol–water partition coefficient (Wildman–Crippen LogP) is 4.73. The number of sulfonamides is 1. The van der Waals surface area contributed by atoms with E-state index >= 15 is 0 Å². The molecule has 1 fully saturated rings. The van der Waals surface area contributed by atoms with E-state index in [0.717, 1.165) is 22.9 Å². The highest BCUT2D eigenvalue weighted by Crippen LogP contribution is 2.29. The van der Waals surface area contributed by atoms with Crippen LogP contribution < -0.4 is 10.3 Å². The average molecular weight is 540 g/mol. The Kier molecular flexibility index (Phi) is 9.51. The van der Waals surface area contributed by atoms with Crippen LogP contribution in [-0.4, -0.2) is 48.4 Å². The lowest BCUT2D eigenvalue weighted by atomic mass is 9.95. The van der Waals surface area contributed by atoms with E-state index in [9.17, 15) is 18.0 Å². The number of rotatable bonds is 7. The zero-order valence-electron chi connectivity index (χ0n) is 22.6. The van der Waals surface area contributed by atoms with Gasteiger partial charge in [0.1, 0.15) is 6.10 Å². The monoisotopic (exact) mass is 539 g/mol. The van der Waals surface area contributed by atoms with Crippen LogP contribution in [0.15, 0.2) is 83.8 Å². The van der Waals surface area contributed by atoms with Gasteiger partial charge in [0, 0.05) is 44.2 Å². The van der Waals surface area contributed by atoms with Gasteiger partial charge in [-0.25, -0.2) is 17.9 Å². The summed E-state index contributed by atoms with van der Waals surface area (Å²) in [5.41, 5.74) is 1.96. The molecule has 2 aromatic carbocycles. The first-order valence-corrected chi connectivity index (χ1v) is 14.5. The summed E-state index contributed by atoms with van der Waals surface area (Å²) in [4.78, 5) is 26.2. The second-order valence-electron chi connectivity index (χ2n) is 10.3. The number of aryl methyl sites for hydroxylation is 1. The van der Waals surface area contributed by atoms with Crippen molar-refractivity contribution in [2.75, 3.05) is 12.8 Å². The maximum Gasteiger partial charge on any atom is 0.410 e. The smallest absolute Gasteiger partial charge is 0.410 e. The molecule has 1 aliphatic rings. The number of nitrogens with zero attached hydrogens (tertiary/aromatic N) is 2. The largest absolute Gasteiger partial charge is 0.446 e. The molecular formula is C29H37N3O5S. The van der Waals surface area contributed by atoms with Crippen molar-refractivity contribution in [3.8, 4) is 11.1 Å². The van der Waals surface area contributed by atoms with Gasteiger partial charge in [-0.05, 0) is 43.5 Å². The molecule has 0 saturated carbocycles. The number of benzene rings is 2. The molecule has 1 aliphatic heterocycles. The quantitative estimate of drug-likeness (QED) is 0.468. The van der Waals surface area contributed by atoms with Gasteiger partial charge in [-0.3, -0.25) is 4.79 Å². The van der Waals surface area contributed by atoms with Gasteiger partial charge in [0.2, 0.25) is 10.0 Å². The van der Waals surface area contributed by atoms with E-state index in [1.165, 1.54) is 4.57 Å². The number of amides is 1. The van der Waals surface area contributed by atoms with Gasteiger partial charge in [-0.1, -0.05) is 60.7 Å². The predicted molar refractivity (Wildman–Crippen MR) is 150 cm³/mol. The van der Waals surface area contributed by atoms with Crippen molar-refractivity contribution in [3.63, 3.8) is 0 Å². The third-order valence-corrected chi connectivity index (χ3v) is 7.28. The van der Waals surface area contributed by atoms with Crippen LogP contribution in [0.5, 0.6) is 0 Å². The third kappa shape index (κ3) is 8.56. The lowest BCUT2D eigenvalue weighted by Gasteiger charge is -2.38. The number of cyclic esters (lactones) is 1. The normalized spacial score (nSPS) is 16.7. The molecule has 2 atom stereocenters. The second kappa shape index (κ2) is 12.4. The Morgan fingerprint density at radius 2 is 1.58 bits per heavy atom. The van der Waals surface area contributed by atoms with Crippen LogP contribution in [0.3, 0.4) is 0 Å². The van der Waals surface area contributed by atoms with Crippen LogP contribution in [0.25, 0.3) is 11.1 Å². The van der Waals surface area contributed by atoms with E-state index in [-0.39, 0.29) is 17.7 Å². The standard InChI is InChI=1S/C23H31N3O5S.C6H6/c1-16(17-6-8-18(9-7-17)19-10-12-25(4)21(27)14-19)26-13-11-20(31-22(26)28)15-23(2,3)24-32(5,29)30;1-2-4-6-5-3-1/h6-10,12,14,16,20,24H,11,13,15H2,1-5H3;1-6H. The molecule has 0 radical (unpaired) electrons. The molecule has 8 nitrogen and oxygen atoms in total. The molecule has 2 heterocycles. The molecule has 204 valence electrons. The number of nitrogens with one attached hydrogen (secondary N) is 1. The van der Waals surface area contributed by atoms with E-state index in [2.05, 4.69) is 4.72 Å². The van der Waals surface area contributed by atoms with Crippen molar-refractivity contribution < 1.29 is 17.9 Å². The fraction of sp³-hybridized carbons (Fsp3) is 0.379. The van der Waals surface area contributed by atoms with Crippen LogP contribution in [0.1, 0.15) is 45.2 Å². The van der Waals surface area contributed by atoms with Crippen molar-refractivity contribution in [1.29, 1.82) is 0 Å². The second-order valence-corrected chi connectivity index (χ2v) is 12.0. The van der Waals surface area contributed by atoms with Gasteiger partial charge in [-0.15, -0.1) is 0 Å². The Morgan fingerprint density at radius 1 is 1.00 bits per heavy atom. The van der Waals surface area contributed by atoms with Crippen LogP contribution in [-0.2, 0) is 21.8 Å². The summed E-state index contributed by atoms with van der Waals surface area (Å²) in [6.07, 6.45) is 3.13. The zero-order valence-corrected chi connectivity index (χ0v) is 23.4. The van der Waals surface area contributed by atoms with Crippen molar-refractivity contribution in [2.45, 2.75) is 51.3 Å². The van der Waals surface area contributed by atoms with Crippen LogP contribution in [0.4, 0.5) is 4.79 Å². The Balaban J connectivity index is 0.000000585. The summed E-state index contributed by atoms with van der Waals surface area (Å²) in [6, 6.07) is 23.1. The highest BCUT2D eigenvalue weighted by molar-refractivity contribution is 7.88. The van der Waals surface area contributed by atoms with E-state index in [0.29, 0.717) is 19.4 Å². The SMILES string of the molecule is CC(c1ccc(-c2ccn(C)c(=O)c2)cc1)N1CCC(CC(C)(C)NS(C)(=O)=O)OC1=O.c1ccccc1. The minimum atomic E-state index is -3.35. The summed E-state index contributed by atoms with van der Waals surface area (Å²) in [5.74, 6) is 0. The maximum atomic E-state index is 12.7. The van der Waals surface area contributed by atoms with E-state index < -0.39 is 21.7 Å². The number of carbonyl (C=O) groups excluding carboxylic acids is 1. The number of pyridine rings is 1. The van der Waals surface area contributed by atoms with Crippen molar-refractivity contribution >= 4 is 16.1 Å². The molecular weight excluding hydrogens is 502 g/mol. The number of hydrogen-bond acceptors (Lipinski definition) is 5. The zero-order chi connectivity index (χ0) is 27.9. The summed E-state index contributed by atoms with van der Waals surface area (Å²) >= 11 is 0. The summed E-state index contributed by atoms with van der Waals surface area (Å²) < 4.78 is 32.8. The molecule has 0 aliphatic carbocycles. The summed E-state index contributed by atoms with van der Waals surface area (Å²) in [5, 5.41) is 0. The number of aromatic nitrogens is 1. The number of carbonyl (C=O) groups is 1. The Hall–Kier alpha value is -3.43. The molecule has 9 heteroatoms. The van der Waals surface area contributed by atoms with Gasteiger partial charge in [-0.2, -0.15) is 0 Å². The van der Waals surface area contributed by atoms with Gasteiger partial charge in [0.25, 0.3) is 5.56 Å². The molecule has 2 unspecified atom stereocenters. The molecule has 4 rings (SSSR count). The molecule has 1 aromatic heterocycles. The van der Waals surface area contributed by atoms with Crippen LogP contribution in [0.2, 0.25) is 0 Å². The molecule has 0 bridgehead atoms. The average Bonchev–Trinajstić information content (AvgIpc) is 2.85. The van der Waals surface area contributed by atoms with Crippen molar-refractivity contribution in [1.82, 2.24) is 14.2 Å². The molecule has 1 N–H and O–H groups in total. The van der Waals surface area contributed by atoms with Crippen molar-refractivity contribution in [3.05, 3.63) is 94.9 Å². The van der Waals surface area contributed by atoms with Crippen molar-refractivity contribution in [2.24, 2.45) is 7.05 Å². The molecule has 1 saturated heterocycles. The lowest BCUT2D eigenvalue weighted by Crippen LogP contribution is -2.49. The van der Waals surface area contributed by atoms with Gasteiger partial charge >= 0.3 is 6.09 Å². The minimum absolute atomic E-state index is 0.0690. The molecule has 38 heavy (non-hydrogen) atoms. The Labute approximate surface area is 225 Å². The van der Waals surface area contributed by atoms with E-state index in [4.69, 9.17) is 4.74 Å². The highest BCUT2D eigenvalue weighted by Gasteiger charge is 2.35. The van der Waals surface area contributed by atoms with Gasteiger partial charge in [0.15, 0.2) is 0 Å². The first-order chi connectivity index (χ1) is 17.8. The van der Waals surface area contributed by atoms with Gasteiger partial charge < -0.3 is 14.2 Å². The van der Waals surface area contributed by atoms with Crippen LogP contribution in [0, 0.1) is 0 Å². The van der Waals surface area contributed by atoms with E-state index in [1.54, 1.807) is 38.1 Å². The third-order valence-electron chi connectivity index (χ3n) is 6.36. The number of ether oxygens (including phenoxy) is 1. The fourth-order valence-electron chi connectivity index (χ4n) is 4.50. The first kappa shape index (κ1) is 29.1. The first-order valence-electron chi connectivity index (χ1n) is 12.6. The molecule has 1 amide bonds. The minimum Gasteiger partial charge on any atom is -0.446 e. The van der Waals surface area contributed by atoms with Gasteiger partial charge in [0.05, 0.1) is 12.3 Å². The maximum absolute atomic E-state index is 12.7.